The van der Waals surface area contributed by atoms with Crippen LogP contribution in [-0.2, 0) is 44.4 Å². The highest BCUT2D eigenvalue weighted by Gasteiger charge is 2.32. The molecule has 0 amide bonds. The number of halogens is 1. The van der Waals surface area contributed by atoms with Crippen molar-refractivity contribution < 1.29 is 47.4 Å². The van der Waals surface area contributed by atoms with E-state index < -0.39 is 0 Å². The molecule has 65 heavy (non-hydrogen) atoms. The van der Waals surface area contributed by atoms with Gasteiger partial charge in [-0.2, -0.15) is 0 Å². The lowest BCUT2D eigenvalue weighted by molar-refractivity contribution is -0.0852. The van der Waals surface area contributed by atoms with Crippen molar-refractivity contribution in [3.8, 4) is 22.8 Å². The smallest absolute Gasteiger partial charge is 0.257 e. The van der Waals surface area contributed by atoms with Crippen LogP contribution >= 0.6 is 11.6 Å². The first-order valence-corrected chi connectivity index (χ1v) is 23.1. The fourth-order valence-corrected chi connectivity index (χ4v) is 7.88. The number of hydrogen-bond donors (Lipinski definition) is 1. The molecule has 3 atom stereocenters. The summed E-state index contributed by atoms with van der Waals surface area (Å²) >= 11 is 6.51. The predicted octanol–water partition coefficient (Wildman–Crippen LogP) is 4.91. The molecule has 1 aromatic carbocycles. The molecule has 6 rings (SSSR count). The Kier molecular flexibility index (Phi) is 21.8. The molecule has 0 spiro atoms. The third-order valence-corrected chi connectivity index (χ3v) is 11.1. The molecule has 1 aliphatic carbocycles. The molecule has 1 saturated heterocycles. The summed E-state index contributed by atoms with van der Waals surface area (Å²) in [6, 6.07) is 6.37. The van der Waals surface area contributed by atoms with Gasteiger partial charge in [-0.1, -0.05) is 17.7 Å². The van der Waals surface area contributed by atoms with Crippen LogP contribution in [0.2, 0.25) is 5.02 Å². The van der Waals surface area contributed by atoms with E-state index in [0.29, 0.717) is 133 Å². The van der Waals surface area contributed by atoms with Crippen LogP contribution in [0.1, 0.15) is 52.5 Å². The summed E-state index contributed by atoms with van der Waals surface area (Å²) in [5, 5.41) is 20.0. The molecular formula is C44H67ClN10O10. The number of methoxy groups -OCH3 is 1. The van der Waals surface area contributed by atoms with Crippen LogP contribution in [0.15, 0.2) is 43.1 Å². The summed E-state index contributed by atoms with van der Waals surface area (Å²) < 4.78 is 60.3. The highest BCUT2D eigenvalue weighted by Crippen LogP contribution is 2.36. The minimum atomic E-state index is -0.229. The van der Waals surface area contributed by atoms with Gasteiger partial charge >= 0.3 is 0 Å². The maximum atomic E-state index is 6.51. The van der Waals surface area contributed by atoms with Crippen molar-refractivity contribution in [3.63, 3.8) is 0 Å². The quantitative estimate of drug-likeness (QED) is 0.0669. The van der Waals surface area contributed by atoms with E-state index in [0.717, 1.165) is 49.9 Å². The SMILES string of the molecule is COCCOCCOCCOCCOCCOCCOCCOc1nn([C@H]2CC[C@H](N3C[C@@H](C)O[C@@H](C)C3)CC2)cc1Nc1ncc(-c2ccc(Cl)c(O[C@@H](C)Cn3cnnn3)c2)cn1. The summed E-state index contributed by atoms with van der Waals surface area (Å²) in [6.07, 6.45) is 11.6. The van der Waals surface area contributed by atoms with Gasteiger partial charge < -0.3 is 52.7 Å². The second-order valence-electron chi connectivity index (χ2n) is 16.0. The first-order valence-electron chi connectivity index (χ1n) is 22.7. The van der Waals surface area contributed by atoms with Crippen LogP contribution in [0.4, 0.5) is 11.6 Å². The summed E-state index contributed by atoms with van der Waals surface area (Å²) in [4.78, 5) is 11.9. The van der Waals surface area contributed by atoms with Crippen molar-refractivity contribution in [2.75, 3.05) is 118 Å². The van der Waals surface area contributed by atoms with Crippen molar-refractivity contribution in [1.82, 2.24) is 44.9 Å². The van der Waals surface area contributed by atoms with Gasteiger partial charge in [0.25, 0.3) is 5.88 Å². The van der Waals surface area contributed by atoms with Crippen LogP contribution in [0.3, 0.4) is 0 Å². The lowest BCUT2D eigenvalue weighted by Crippen LogP contribution is -2.51. The molecule has 2 aliphatic rings. The van der Waals surface area contributed by atoms with E-state index >= 15 is 0 Å². The minimum Gasteiger partial charge on any atom is -0.487 e. The molecule has 1 N–H and O–H groups in total. The highest BCUT2D eigenvalue weighted by atomic mass is 35.5. The number of nitrogens with one attached hydrogen (secondary N) is 1. The number of hydrogen-bond acceptors (Lipinski definition) is 18. The molecule has 20 nitrogen and oxygen atoms in total. The Bertz CT molecular complexity index is 1880. The van der Waals surface area contributed by atoms with Crippen LogP contribution in [0.5, 0.6) is 11.6 Å². The number of aromatic nitrogens is 8. The lowest BCUT2D eigenvalue weighted by Gasteiger charge is -2.42. The fourth-order valence-electron chi connectivity index (χ4n) is 7.72. The second kappa shape index (κ2) is 28.2. The topological polar surface area (TPSA) is 195 Å². The second-order valence-corrected chi connectivity index (χ2v) is 16.5. The number of nitrogens with zero attached hydrogens (tertiary/aromatic N) is 9. The Hall–Kier alpha value is -4.09. The van der Waals surface area contributed by atoms with Gasteiger partial charge in [-0.15, -0.1) is 10.2 Å². The molecule has 2 fully saturated rings. The zero-order valence-corrected chi connectivity index (χ0v) is 39.0. The van der Waals surface area contributed by atoms with E-state index in [1.165, 1.54) is 0 Å². The van der Waals surface area contributed by atoms with E-state index in [-0.39, 0.29) is 24.4 Å². The number of rotatable bonds is 31. The number of anilines is 2. The molecule has 4 heterocycles. The Morgan fingerprint density at radius 2 is 1.32 bits per heavy atom. The maximum Gasteiger partial charge on any atom is 0.257 e. The third kappa shape index (κ3) is 17.6. The number of morpholine rings is 1. The van der Waals surface area contributed by atoms with Gasteiger partial charge in [0, 0.05) is 44.2 Å². The number of benzene rings is 1. The Morgan fingerprint density at radius 3 is 1.89 bits per heavy atom. The van der Waals surface area contributed by atoms with Crippen molar-refractivity contribution in [3.05, 3.63) is 48.1 Å². The summed E-state index contributed by atoms with van der Waals surface area (Å²) in [5.74, 6) is 1.41. The highest BCUT2D eigenvalue weighted by molar-refractivity contribution is 6.32. The molecule has 0 unspecified atom stereocenters. The molecule has 4 aromatic rings. The molecule has 0 bridgehead atoms. The third-order valence-electron chi connectivity index (χ3n) is 10.8. The molecule has 1 aliphatic heterocycles. The van der Waals surface area contributed by atoms with E-state index in [9.17, 15) is 0 Å². The monoisotopic (exact) mass is 930 g/mol. The van der Waals surface area contributed by atoms with Crippen molar-refractivity contribution in [2.24, 2.45) is 0 Å². The largest absolute Gasteiger partial charge is 0.487 e. The van der Waals surface area contributed by atoms with Gasteiger partial charge in [0.15, 0.2) is 0 Å². The van der Waals surface area contributed by atoms with Gasteiger partial charge in [0.2, 0.25) is 5.95 Å². The number of ether oxygens (including phenoxy) is 10. The van der Waals surface area contributed by atoms with Gasteiger partial charge in [0.05, 0.1) is 122 Å². The summed E-state index contributed by atoms with van der Waals surface area (Å²) in [7, 11) is 1.65. The minimum absolute atomic E-state index is 0.229. The van der Waals surface area contributed by atoms with Crippen molar-refractivity contribution in [2.45, 2.75) is 83.4 Å². The van der Waals surface area contributed by atoms with E-state index in [4.69, 9.17) is 64.1 Å². The van der Waals surface area contributed by atoms with Crippen LogP contribution in [0, 0.1) is 0 Å². The normalized spacial score (nSPS) is 19.6. The molecule has 0 radical (unpaired) electrons. The Balaban J connectivity index is 0.937. The van der Waals surface area contributed by atoms with Gasteiger partial charge in [-0.3, -0.25) is 9.58 Å². The Labute approximate surface area is 386 Å². The standard InChI is InChI=1S/C44H67ClN10O10/c1-33-28-53(29-34(2)64-33)38-6-8-39(9-7-38)55-31-41(43(50-55)63-24-23-62-22-21-61-20-19-60-18-17-59-16-15-58-14-13-57-12-11-56-4)49-44-46-26-37(27-47-44)36-5-10-40(45)42(25-36)65-35(3)30-54-32-48-51-52-54/h5,10,25-27,31-35,38-39H,6-9,11-24,28-30H2,1-4H3,(H,46,47,49)/t33-,34+,35-,38-,39-/m0/s1. The lowest BCUT2D eigenvalue weighted by atomic mass is 9.89. The van der Waals surface area contributed by atoms with Gasteiger partial charge in [0.1, 0.15) is 30.5 Å². The molecule has 21 heteroatoms. The number of tetrazole rings is 1. The molecule has 360 valence electrons. The maximum absolute atomic E-state index is 6.51. The summed E-state index contributed by atoms with van der Waals surface area (Å²) in [5.41, 5.74) is 2.33. The molecule has 1 saturated carbocycles. The van der Waals surface area contributed by atoms with Crippen LogP contribution in [-0.4, -0.2) is 182 Å². The van der Waals surface area contributed by atoms with Crippen molar-refractivity contribution >= 4 is 23.2 Å². The average molecular weight is 932 g/mol. The van der Waals surface area contributed by atoms with Crippen LogP contribution < -0.4 is 14.8 Å². The van der Waals surface area contributed by atoms with E-state index in [2.05, 4.69) is 49.6 Å². The first kappa shape index (κ1) is 50.3. The fraction of sp³-hybridized carbons (Fsp3) is 0.682. The summed E-state index contributed by atoms with van der Waals surface area (Å²) in [6.45, 7) is 15.4. The van der Waals surface area contributed by atoms with E-state index in [1.807, 2.05) is 29.9 Å². The van der Waals surface area contributed by atoms with Gasteiger partial charge in [-0.25, -0.2) is 14.6 Å². The zero-order valence-electron chi connectivity index (χ0n) is 38.3. The predicted molar refractivity (Wildman–Crippen MR) is 241 cm³/mol. The molecule has 3 aromatic heterocycles. The van der Waals surface area contributed by atoms with Gasteiger partial charge in [-0.05, 0) is 74.6 Å². The first-order chi connectivity index (χ1) is 31.8. The zero-order chi connectivity index (χ0) is 45.5. The van der Waals surface area contributed by atoms with Crippen LogP contribution in [0.25, 0.3) is 11.1 Å². The Morgan fingerprint density at radius 1 is 0.754 bits per heavy atom. The van der Waals surface area contributed by atoms with Crippen molar-refractivity contribution in [1.29, 1.82) is 0 Å². The average Bonchev–Trinajstić information content (AvgIpc) is 3.97. The molecular weight excluding hydrogens is 864 g/mol. The van der Waals surface area contributed by atoms with E-state index in [1.54, 1.807) is 36.6 Å².